The van der Waals surface area contributed by atoms with Crippen molar-refractivity contribution in [2.75, 3.05) is 5.32 Å². The van der Waals surface area contributed by atoms with Gasteiger partial charge in [-0.2, -0.15) is 0 Å². The Morgan fingerprint density at radius 1 is 1.07 bits per heavy atom. The van der Waals surface area contributed by atoms with Crippen molar-refractivity contribution in [3.63, 3.8) is 0 Å². The summed E-state index contributed by atoms with van der Waals surface area (Å²) in [4.78, 5) is 37.4. The normalized spacial score (nSPS) is 24.0. The van der Waals surface area contributed by atoms with Gasteiger partial charge in [-0.05, 0) is 42.5 Å². The van der Waals surface area contributed by atoms with Gasteiger partial charge in [0.2, 0.25) is 5.78 Å². The number of ether oxygens (including phenoxy) is 1. The van der Waals surface area contributed by atoms with Crippen LogP contribution in [-0.2, 0) is 14.4 Å². The quantitative estimate of drug-likeness (QED) is 0.382. The zero-order chi connectivity index (χ0) is 21.3. The zero-order valence-corrected chi connectivity index (χ0v) is 16.4. The lowest BCUT2D eigenvalue weighted by atomic mass is 9.66. The van der Waals surface area contributed by atoms with Crippen molar-refractivity contribution in [1.29, 1.82) is 0 Å². The van der Waals surface area contributed by atoms with E-state index in [0.29, 0.717) is 0 Å². The summed E-state index contributed by atoms with van der Waals surface area (Å²) in [6, 6.07) is 15.7. The number of Topliss-reactive ketones (excluding diaryl/α,β-unsaturated/α-hetero) is 1. The molecule has 0 amide bonds. The van der Waals surface area contributed by atoms with E-state index in [1.54, 1.807) is 30.3 Å². The third-order valence-electron chi connectivity index (χ3n) is 6.22. The molecule has 4 rings (SSSR count). The minimum Gasteiger partial charge on any atom is -0.480 e. The number of nitrogens with two attached hydrogens (primary N) is 1. The molecule has 2 unspecified atom stereocenters. The number of fused-ring (bicyclic) bond motifs is 2. The molecule has 30 heavy (non-hydrogen) atoms. The van der Waals surface area contributed by atoms with Crippen molar-refractivity contribution in [1.82, 2.24) is 0 Å². The van der Waals surface area contributed by atoms with Crippen LogP contribution >= 0.6 is 0 Å². The van der Waals surface area contributed by atoms with Crippen LogP contribution in [0.3, 0.4) is 0 Å². The number of hydrogen-bond acceptors (Lipinski definition) is 6. The van der Waals surface area contributed by atoms with E-state index in [9.17, 15) is 19.5 Å². The van der Waals surface area contributed by atoms with Crippen molar-refractivity contribution in [3.8, 4) is 5.75 Å². The highest BCUT2D eigenvalue weighted by atomic mass is 16.5. The van der Waals surface area contributed by atoms with Gasteiger partial charge in [0.15, 0.2) is 0 Å². The number of carbonyl (C=O) groups excluding carboxylic acids is 2. The summed E-state index contributed by atoms with van der Waals surface area (Å²) in [7, 11) is 0. The highest BCUT2D eigenvalue weighted by Crippen LogP contribution is 2.50. The summed E-state index contributed by atoms with van der Waals surface area (Å²) >= 11 is 0. The Hall–Kier alpha value is -3.19. The Bertz CT molecular complexity index is 977. The second-order valence-electron chi connectivity index (χ2n) is 8.06. The second kappa shape index (κ2) is 7.91. The summed E-state index contributed by atoms with van der Waals surface area (Å²) < 4.78 is 5.10. The maximum Gasteiger partial charge on any atom is 0.380 e. The van der Waals surface area contributed by atoms with Crippen molar-refractivity contribution < 1.29 is 24.2 Å². The van der Waals surface area contributed by atoms with Gasteiger partial charge >= 0.3 is 11.9 Å². The SMILES string of the molecule is NC(CC(=O)C(=O)Oc1ccccc1)(C(=O)O)C1c2ccccc2N[C@@H]2CCC[C@H]12. The number of aliphatic carboxylic acids is 1. The Kier molecular flexibility index (Phi) is 5.30. The molecule has 7 heteroatoms. The molecule has 2 aliphatic rings. The monoisotopic (exact) mass is 408 g/mol. The Morgan fingerprint density at radius 3 is 2.50 bits per heavy atom. The number of rotatable bonds is 6. The molecule has 0 aromatic heterocycles. The molecular weight excluding hydrogens is 384 g/mol. The molecule has 1 aliphatic carbocycles. The fourth-order valence-electron chi connectivity index (χ4n) is 4.87. The first-order chi connectivity index (χ1) is 14.4. The van der Waals surface area contributed by atoms with Gasteiger partial charge in [-0.1, -0.05) is 42.8 Å². The van der Waals surface area contributed by atoms with Gasteiger partial charge < -0.3 is 20.9 Å². The average Bonchev–Trinajstić information content (AvgIpc) is 3.20. The van der Waals surface area contributed by atoms with Crippen LogP contribution in [0.25, 0.3) is 0 Å². The third-order valence-corrected chi connectivity index (χ3v) is 6.22. The molecular formula is C23H24N2O5. The van der Waals surface area contributed by atoms with Crippen molar-refractivity contribution in [2.45, 2.75) is 43.2 Å². The molecule has 0 radical (unpaired) electrons. The van der Waals surface area contributed by atoms with E-state index in [0.717, 1.165) is 30.5 Å². The number of carbonyl (C=O) groups is 3. The summed E-state index contributed by atoms with van der Waals surface area (Å²) in [6.07, 6.45) is 2.05. The average molecular weight is 408 g/mol. The first kappa shape index (κ1) is 20.1. The molecule has 0 bridgehead atoms. The molecule has 1 saturated carbocycles. The van der Waals surface area contributed by atoms with E-state index in [1.807, 2.05) is 24.3 Å². The Labute approximate surface area is 174 Å². The predicted molar refractivity (Wildman–Crippen MR) is 110 cm³/mol. The first-order valence-corrected chi connectivity index (χ1v) is 10.1. The number of carboxylic acid groups (broad SMARTS) is 1. The summed E-state index contributed by atoms with van der Waals surface area (Å²) in [5.74, 6) is -3.75. The molecule has 156 valence electrons. The summed E-state index contributed by atoms with van der Waals surface area (Å²) in [6.45, 7) is 0. The maximum atomic E-state index is 12.7. The van der Waals surface area contributed by atoms with E-state index in [-0.39, 0.29) is 17.7 Å². The number of ketones is 1. The number of para-hydroxylation sites is 2. The highest BCUT2D eigenvalue weighted by Gasteiger charge is 2.54. The van der Waals surface area contributed by atoms with Gasteiger partial charge in [-0.3, -0.25) is 9.59 Å². The van der Waals surface area contributed by atoms with Crippen LogP contribution < -0.4 is 15.8 Å². The van der Waals surface area contributed by atoms with Crippen LogP contribution in [0, 0.1) is 5.92 Å². The van der Waals surface area contributed by atoms with Crippen LogP contribution in [0.5, 0.6) is 5.75 Å². The lowest BCUT2D eigenvalue weighted by molar-refractivity contribution is -0.152. The largest absolute Gasteiger partial charge is 0.480 e. The fraction of sp³-hybridized carbons (Fsp3) is 0.348. The Morgan fingerprint density at radius 2 is 1.77 bits per heavy atom. The van der Waals surface area contributed by atoms with Gasteiger partial charge in [0.25, 0.3) is 0 Å². The number of esters is 1. The molecule has 2 aromatic carbocycles. The minimum atomic E-state index is -1.92. The van der Waals surface area contributed by atoms with Crippen molar-refractivity contribution >= 4 is 23.4 Å². The van der Waals surface area contributed by atoms with Crippen LogP contribution in [0.4, 0.5) is 5.69 Å². The van der Waals surface area contributed by atoms with E-state index in [4.69, 9.17) is 10.5 Å². The topological polar surface area (TPSA) is 119 Å². The number of anilines is 1. The second-order valence-corrected chi connectivity index (χ2v) is 8.06. The summed E-state index contributed by atoms with van der Waals surface area (Å²) in [5.41, 5.74) is 6.15. The fourth-order valence-corrected chi connectivity index (χ4v) is 4.87. The minimum absolute atomic E-state index is 0.0288. The number of benzene rings is 2. The van der Waals surface area contributed by atoms with Crippen LogP contribution in [-0.4, -0.2) is 34.4 Å². The first-order valence-electron chi connectivity index (χ1n) is 10.1. The predicted octanol–water partition coefficient (Wildman–Crippen LogP) is 2.71. The number of nitrogens with one attached hydrogen (secondary N) is 1. The summed E-state index contributed by atoms with van der Waals surface area (Å²) in [5, 5.41) is 13.6. The lowest BCUT2D eigenvalue weighted by Crippen LogP contribution is -2.59. The van der Waals surface area contributed by atoms with Gasteiger partial charge in [0.05, 0.1) is 0 Å². The molecule has 4 atom stereocenters. The number of carboxylic acids is 1. The number of hydrogen-bond donors (Lipinski definition) is 3. The van der Waals surface area contributed by atoms with E-state index in [1.165, 1.54) is 0 Å². The van der Waals surface area contributed by atoms with Crippen molar-refractivity contribution in [3.05, 3.63) is 60.2 Å². The van der Waals surface area contributed by atoms with Gasteiger partial charge in [-0.15, -0.1) is 0 Å². The van der Waals surface area contributed by atoms with Crippen LogP contribution in [0.15, 0.2) is 54.6 Å². The smallest absolute Gasteiger partial charge is 0.380 e. The maximum absolute atomic E-state index is 12.7. The molecule has 1 aliphatic heterocycles. The highest BCUT2D eigenvalue weighted by molar-refractivity contribution is 6.35. The Balaban J connectivity index is 1.64. The zero-order valence-electron chi connectivity index (χ0n) is 16.4. The molecule has 1 fully saturated rings. The van der Waals surface area contributed by atoms with Crippen LogP contribution in [0.1, 0.15) is 37.2 Å². The van der Waals surface area contributed by atoms with Gasteiger partial charge in [0.1, 0.15) is 11.3 Å². The molecule has 0 spiro atoms. The molecule has 1 heterocycles. The van der Waals surface area contributed by atoms with Gasteiger partial charge in [-0.25, -0.2) is 4.79 Å². The van der Waals surface area contributed by atoms with Crippen LogP contribution in [0.2, 0.25) is 0 Å². The van der Waals surface area contributed by atoms with Gasteiger partial charge in [0, 0.05) is 24.1 Å². The van der Waals surface area contributed by atoms with E-state index >= 15 is 0 Å². The molecule has 0 saturated heterocycles. The molecule has 4 N–H and O–H groups in total. The molecule has 7 nitrogen and oxygen atoms in total. The molecule has 2 aromatic rings. The van der Waals surface area contributed by atoms with Crippen molar-refractivity contribution in [2.24, 2.45) is 11.7 Å². The van der Waals surface area contributed by atoms with E-state index < -0.39 is 35.6 Å². The lowest BCUT2D eigenvalue weighted by Gasteiger charge is -2.44. The van der Waals surface area contributed by atoms with E-state index in [2.05, 4.69) is 5.32 Å². The standard InChI is InChI=1S/C23H24N2O5/c24-23(22(28)29,13-19(26)21(27)30-14-7-2-1-3-8-14)20-15-9-4-5-11-17(15)25-18-12-6-10-16(18)20/h1-5,7-9,11,16,18,20,25H,6,10,12-13,24H2,(H,28,29)/t16-,18+,20?,23?/m0/s1. The third kappa shape index (κ3) is 3.57.